The van der Waals surface area contributed by atoms with Gasteiger partial charge in [-0.05, 0) is 54.8 Å². The van der Waals surface area contributed by atoms with Crippen LogP contribution in [0.25, 0.3) is 0 Å². The number of rotatable bonds is 1. The minimum Gasteiger partial charge on any atom is -0.390 e. The van der Waals surface area contributed by atoms with Gasteiger partial charge in [0.05, 0.1) is 5.60 Å². The number of hydrogen-bond donors (Lipinski definition) is 1. The standard InChI is InChI=1S/C15H24O/c1-9(2)11-6-5-10(3)15-8-7-14(4,16)13(15)12(11)15/h5-6,9-13,16H,7-8H2,1-4H3/t10-,11+,12-,13?,14-,15-/m0/s1. The van der Waals surface area contributed by atoms with Crippen molar-refractivity contribution in [1.82, 2.24) is 0 Å². The Labute approximate surface area is 98.9 Å². The van der Waals surface area contributed by atoms with Crippen molar-refractivity contribution in [3.05, 3.63) is 12.2 Å². The molecule has 0 aromatic rings. The summed E-state index contributed by atoms with van der Waals surface area (Å²) in [6.07, 6.45) is 7.10. The molecule has 90 valence electrons. The maximum atomic E-state index is 10.5. The number of hydrogen-bond acceptors (Lipinski definition) is 1. The summed E-state index contributed by atoms with van der Waals surface area (Å²) in [6, 6.07) is 0. The topological polar surface area (TPSA) is 20.2 Å². The van der Waals surface area contributed by atoms with Gasteiger partial charge in [-0.25, -0.2) is 0 Å². The lowest BCUT2D eigenvalue weighted by Crippen LogP contribution is -2.28. The molecule has 3 aliphatic carbocycles. The first-order valence-electron chi connectivity index (χ1n) is 6.82. The van der Waals surface area contributed by atoms with E-state index in [2.05, 4.69) is 39.8 Å². The van der Waals surface area contributed by atoms with E-state index < -0.39 is 5.60 Å². The molecule has 1 spiro atoms. The molecular formula is C15H24O. The maximum Gasteiger partial charge on any atom is 0.0656 e. The van der Waals surface area contributed by atoms with E-state index in [4.69, 9.17) is 0 Å². The summed E-state index contributed by atoms with van der Waals surface area (Å²) in [5.41, 5.74) is 0.0747. The van der Waals surface area contributed by atoms with E-state index in [1.54, 1.807) is 0 Å². The molecule has 0 aromatic carbocycles. The quantitative estimate of drug-likeness (QED) is 0.673. The van der Waals surface area contributed by atoms with E-state index in [0.29, 0.717) is 29.1 Å². The summed E-state index contributed by atoms with van der Waals surface area (Å²) < 4.78 is 0. The third kappa shape index (κ3) is 1.06. The average molecular weight is 220 g/mol. The Morgan fingerprint density at radius 2 is 1.94 bits per heavy atom. The third-order valence-electron chi connectivity index (χ3n) is 5.84. The zero-order valence-electron chi connectivity index (χ0n) is 10.9. The van der Waals surface area contributed by atoms with Gasteiger partial charge < -0.3 is 5.11 Å². The number of allylic oxidation sites excluding steroid dienone is 2. The first-order chi connectivity index (χ1) is 7.41. The molecule has 0 bridgehead atoms. The largest absolute Gasteiger partial charge is 0.390 e. The van der Waals surface area contributed by atoms with Crippen LogP contribution in [0.5, 0.6) is 0 Å². The van der Waals surface area contributed by atoms with Crippen molar-refractivity contribution in [3.63, 3.8) is 0 Å². The molecule has 0 saturated heterocycles. The van der Waals surface area contributed by atoms with Gasteiger partial charge in [-0.1, -0.05) is 32.9 Å². The SMILES string of the molecule is CC(C)[C@H]1C=C[C@H](C)[C@]23CC[C@](C)(O)C2[C@H]13. The molecule has 0 heterocycles. The van der Waals surface area contributed by atoms with Crippen LogP contribution < -0.4 is 0 Å². The van der Waals surface area contributed by atoms with Gasteiger partial charge in [-0.3, -0.25) is 0 Å². The van der Waals surface area contributed by atoms with Crippen molar-refractivity contribution in [2.75, 3.05) is 0 Å². The summed E-state index contributed by atoms with van der Waals surface area (Å²) in [5.74, 6) is 3.42. The molecule has 16 heavy (non-hydrogen) atoms. The fraction of sp³-hybridized carbons (Fsp3) is 0.867. The van der Waals surface area contributed by atoms with Crippen LogP contribution in [0.15, 0.2) is 12.2 Å². The lowest BCUT2D eigenvalue weighted by molar-refractivity contribution is 0.0323. The van der Waals surface area contributed by atoms with Gasteiger partial charge in [-0.2, -0.15) is 0 Å². The van der Waals surface area contributed by atoms with Gasteiger partial charge in [0.25, 0.3) is 0 Å². The monoisotopic (exact) mass is 220 g/mol. The average Bonchev–Trinajstić information content (AvgIpc) is 2.79. The summed E-state index contributed by atoms with van der Waals surface area (Å²) in [4.78, 5) is 0. The second-order valence-electron chi connectivity index (χ2n) is 6.97. The Morgan fingerprint density at radius 3 is 2.56 bits per heavy atom. The van der Waals surface area contributed by atoms with Crippen molar-refractivity contribution in [3.8, 4) is 0 Å². The molecule has 3 aliphatic rings. The molecule has 2 fully saturated rings. The Morgan fingerprint density at radius 1 is 1.25 bits per heavy atom. The third-order valence-corrected chi connectivity index (χ3v) is 5.84. The van der Waals surface area contributed by atoms with Crippen molar-refractivity contribution in [1.29, 1.82) is 0 Å². The molecule has 0 aliphatic heterocycles. The van der Waals surface area contributed by atoms with Crippen LogP contribution in [0, 0.1) is 35.0 Å². The Hall–Kier alpha value is -0.300. The molecule has 1 N–H and O–H groups in total. The van der Waals surface area contributed by atoms with Crippen LogP contribution >= 0.6 is 0 Å². The molecule has 1 unspecified atom stereocenters. The van der Waals surface area contributed by atoms with Crippen molar-refractivity contribution in [2.45, 2.75) is 46.1 Å². The van der Waals surface area contributed by atoms with Crippen molar-refractivity contribution in [2.24, 2.45) is 35.0 Å². The number of aliphatic hydroxyl groups is 1. The molecule has 0 aromatic heterocycles. The summed E-state index contributed by atoms with van der Waals surface area (Å²) in [6.45, 7) is 9.05. The highest BCUT2D eigenvalue weighted by Gasteiger charge is 2.77. The van der Waals surface area contributed by atoms with E-state index in [1.165, 1.54) is 6.42 Å². The van der Waals surface area contributed by atoms with Gasteiger partial charge in [-0.15, -0.1) is 0 Å². The van der Waals surface area contributed by atoms with Gasteiger partial charge in [0.1, 0.15) is 0 Å². The lowest BCUT2D eigenvalue weighted by Gasteiger charge is -2.31. The second kappa shape index (κ2) is 2.93. The van der Waals surface area contributed by atoms with Crippen LogP contribution in [0.4, 0.5) is 0 Å². The maximum absolute atomic E-state index is 10.5. The van der Waals surface area contributed by atoms with E-state index >= 15 is 0 Å². The predicted molar refractivity (Wildman–Crippen MR) is 65.9 cm³/mol. The first-order valence-corrected chi connectivity index (χ1v) is 6.82. The molecule has 0 radical (unpaired) electrons. The zero-order chi connectivity index (χ0) is 11.7. The van der Waals surface area contributed by atoms with Crippen LogP contribution in [-0.4, -0.2) is 10.7 Å². The summed E-state index contributed by atoms with van der Waals surface area (Å²) in [7, 11) is 0. The van der Waals surface area contributed by atoms with E-state index in [1.807, 2.05) is 0 Å². The summed E-state index contributed by atoms with van der Waals surface area (Å²) in [5, 5.41) is 10.5. The lowest BCUT2D eigenvalue weighted by atomic mass is 9.74. The predicted octanol–water partition coefficient (Wildman–Crippen LogP) is 3.24. The second-order valence-corrected chi connectivity index (χ2v) is 6.97. The summed E-state index contributed by atoms with van der Waals surface area (Å²) >= 11 is 0. The molecule has 3 rings (SSSR count). The van der Waals surface area contributed by atoms with Crippen LogP contribution in [0.1, 0.15) is 40.5 Å². The van der Waals surface area contributed by atoms with E-state index in [0.717, 1.165) is 12.3 Å². The van der Waals surface area contributed by atoms with Gasteiger partial charge in [0, 0.05) is 0 Å². The van der Waals surface area contributed by atoms with Crippen LogP contribution in [0.3, 0.4) is 0 Å². The molecule has 2 saturated carbocycles. The number of fused-ring (bicyclic) bond motifs is 1. The van der Waals surface area contributed by atoms with Gasteiger partial charge >= 0.3 is 0 Å². The van der Waals surface area contributed by atoms with Crippen LogP contribution in [0.2, 0.25) is 0 Å². The van der Waals surface area contributed by atoms with E-state index in [-0.39, 0.29) is 0 Å². The zero-order valence-corrected chi connectivity index (χ0v) is 10.9. The Kier molecular flexibility index (Phi) is 1.98. The molecule has 1 heteroatoms. The highest BCUT2D eigenvalue weighted by molar-refractivity contribution is 5.31. The Balaban J connectivity index is 1.97. The van der Waals surface area contributed by atoms with Crippen molar-refractivity contribution >= 4 is 0 Å². The highest BCUT2D eigenvalue weighted by Crippen LogP contribution is 2.79. The first kappa shape index (κ1) is 10.8. The highest BCUT2D eigenvalue weighted by atomic mass is 16.3. The molecule has 0 amide bonds. The fourth-order valence-electron chi connectivity index (χ4n) is 5.03. The van der Waals surface area contributed by atoms with Crippen molar-refractivity contribution < 1.29 is 5.11 Å². The van der Waals surface area contributed by atoms with E-state index in [9.17, 15) is 5.11 Å². The Bertz CT molecular complexity index is 341. The van der Waals surface area contributed by atoms with Gasteiger partial charge in [0.2, 0.25) is 0 Å². The normalized spacial score (nSPS) is 58.6. The van der Waals surface area contributed by atoms with Gasteiger partial charge in [0.15, 0.2) is 0 Å². The molecular weight excluding hydrogens is 196 g/mol. The van der Waals surface area contributed by atoms with Crippen LogP contribution in [-0.2, 0) is 0 Å². The molecule has 1 nitrogen and oxygen atoms in total. The fourth-order valence-corrected chi connectivity index (χ4v) is 5.03. The minimum atomic E-state index is -0.391. The smallest absolute Gasteiger partial charge is 0.0656 e. The molecule has 6 atom stereocenters. The minimum absolute atomic E-state index is 0.391.